The van der Waals surface area contributed by atoms with Gasteiger partial charge in [-0.3, -0.25) is 4.79 Å². The maximum atomic E-state index is 12.8. The summed E-state index contributed by atoms with van der Waals surface area (Å²) in [7, 11) is -3.28. The average molecular weight is 431 g/mol. The second kappa shape index (κ2) is 9.25. The zero-order valence-corrected chi connectivity index (χ0v) is 18.1. The van der Waals surface area contributed by atoms with Crippen molar-refractivity contribution in [3.05, 3.63) is 53.6 Å². The van der Waals surface area contributed by atoms with E-state index in [1.54, 1.807) is 19.1 Å². The minimum atomic E-state index is -3.28. The number of hydrogen-bond donors (Lipinski definition) is 1. The van der Waals surface area contributed by atoms with Gasteiger partial charge in [0.2, 0.25) is 11.8 Å². The first-order valence-electron chi connectivity index (χ1n) is 9.78. The van der Waals surface area contributed by atoms with Gasteiger partial charge in [-0.1, -0.05) is 24.3 Å². The second-order valence-electron chi connectivity index (χ2n) is 7.41. The van der Waals surface area contributed by atoms with Gasteiger partial charge in [0.15, 0.2) is 9.84 Å². The van der Waals surface area contributed by atoms with Crippen molar-refractivity contribution in [3.63, 3.8) is 0 Å². The lowest BCUT2D eigenvalue weighted by atomic mass is 10.2. The normalized spacial score (nSPS) is 17.8. The Morgan fingerprint density at radius 1 is 1.33 bits per heavy atom. The van der Waals surface area contributed by atoms with Crippen LogP contribution in [0.5, 0.6) is 11.6 Å². The smallest absolute Gasteiger partial charge is 0.258 e. The van der Waals surface area contributed by atoms with Crippen molar-refractivity contribution in [1.82, 2.24) is 15.3 Å². The van der Waals surface area contributed by atoms with E-state index in [1.807, 2.05) is 18.2 Å². The van der Waals surface area contributed by atoms with Crippen LogP contribution in [0.15, 0.2) is 48.0 Å². The number of aromatic nitrogens is 2. The molecule has 3 rings (SSSR count). The Morgan fingerprint density at radius 3 is 2.70 bits per heavy atom. The van der Waals surface area contributed by atoms with E-state index < -0.39 is 21.8 Å². The molecule has 2 aromatic rings. The lowest BCUT2D eigenvalue weighted by Crippen LogP contribution is -2.32. The molecule has 9 heteroatoms. The molecule has 2 heterocycles. The largest absolute Gasteiger partial charge is 0.438 e. The van der Waals surface area contributed by atoms with Crippen LogP contribution < -0.4 is 15.0 Å². The number of ether oxygens (including phenoxy) is 1. The van der Waals surface area contributed by atoms with Crippen LogP contribution in [0.4, 0.5) is 5.95 Å². The summed E-state index contributed by atoms with van der Waals surface area (Å²) < 4.78 is 28.5. The summed E-state index contributed by atoms with van der Waals surface area (Å²) in [5.41, 5.74) is 0.175. The lowest BCUT2D eigenvalue weighted by Gasteiger charge is -2.22. The molecule has 0 bridgehead atoms. The van der Waals surface area contributed by atoms with Crippen molar-refractivity contribution in [1.29, 1.82) is 0 Å². The summed E-state index contributed by atoms with van der Waals surface area (Å²) in [5, 5.41) is 3.79. The fourth-order valence-electron chi connectivity index (χ4n) is 3.15. The van der Waals surface area contributed by atoms with E-state index in [4.69, 9.17) is 4.74 Å². The molecule has 8 nitrogen and oxygen atoms in total. The predicted molar refractivity (Wildman–Crippen MR) is 116 cm³/mol. The van der Waals surface area contributed by atoms with Gasteiger partial charge < -0.3 is 15.0 Å². The van der Waals surface area contributed by atoms with Gasteiger partial charge in [0.25, 0.3) is 5.91 Å². The quantitative estimate of drug-likeness (QED) is 0.720. The zero-order chi connectivity index (χ0) is 21.7. The molecular formula is C21H26N4O4S. The number of carbonyl (C=O) groups excluding carboxylic acids is 1. The highest BCUT2D eigenvalue weighted by molar-refractivity contribution is 7.93. The highest BCUT2D eigenvalue weighted by Gasteiger charge is 2.25. The van der Waals surface area contributed by atoms with Gasteiger partial charge in [0.1, 0.15) is 11.3 Å². The lowest BCUT2D eigenvalue weighted by molar-refractivity contribution is 0.0943. The molecule has 1 saturated heterocycles. The molecule has 1 fully saturated rings. The Kier molecular flexibility index (Phi) is 6.71. The highest BCUT2D eigenvalue weighted by atomic mass is 32.2. The van der Waals surface area contributed by atoms with Crippen molar-refractivity contribution >= 4 is 21.7 Å². The molecule has 0 aliphatic carbocycles. The SMILES string of the molecule is C[C@@H](/C=C/S(C)(=O)=O)NC(=O)c1cnc(N2CCC[C@@H]2C)nc1Oc1ccccc1. The number of hydrogen-bond acceptors (Lipinski definition) is 7. The van der Waals surface area contributed by atoms with Crippen LogP contribution >= 0.6 is 0 Å². The number of nitrogens with one attached hydrogen (secondary N) is 1. The van der Waals surface area contributed by atoms with Crippen LogP contribution in [0, 0.1) is 0 Å². The fourth-order valence-corrected chi connectivity index (χ4v) is 3.67. The third-order valence-electron chi connectivity index (χ3n) is 4.73. The van der Waals surface area contributed by atoms with Crippen LogP contribution in [0.3, 0.4) is 0 Å². The number of amides is 1. The fraction of sp³-hybridized carbons (Fsp3) is 0.381. The standard InChI is InChI=1S/C21H26N4O4S/c1-15(11-13-30(3,27)28)23-19(26)18-14-22-21(25-12-7-8-16(25)2)24-20(18)29-17-9-5-4-6-10-17/h4-6,9-11,13-16H,7-8,12H2,1-3H3,(H,23,26)/b13-11+/t15-,16-/m0/s1. The van der Waals surface area contributed by atoms with E-state index in [1.165, 1.54) is 12.3 Å². The summed E-state index contributed by atoms with van der Waals surface area (Å²) in [6.45, 7) is 4.65. The second-order valence-corrected chi connectivity index (χ2v) is 9.34. The van der Waals surface area contributed by atoms with Crippen LogP contribution in [0.25, 0.3) is 0 Å². The van der Waals surface area contributed by atoms with Gasteiger partial charge in [-0.15, -0.1) is 0 Å². The van der Waals surface area contributed by atoms with Gasteiger partial charge in [-0.05, 0) is 38.8 Å². The van der Waals surface area contributed by atoms with Crippen LogP contribution in [-0.4, -0.2) is 49.2 Å². The van der Waals surface area contributed by atoms with E-state index in [2.05, 4.69) is 27.1 Å². The van der Waals surface area contributed by atoms with E-state index in [0.717, 1.165) is 31.1 Å². The van der Waals surface area contributed by atoms with Gasteiger partial charge in [-0.2, -0.15) is 4.98 Å². The molecular weight excluding hydrogens is 404 g/mol. The summed E-state index contributed by atoms with van der Waals surface area (Å²) in [6.07, 6.45) is 6.08. The monoisotopic (exact) mass is 430 g/mol. The third-order valence-corrected chi connectivity index (χ3v) is 5.38. The number of anilines is 1. The molecule has 1 aliphatic heterocycles. The number of nitrogens with zero attached hydrogens (tertiary/aromatic N) is 3. The van der Waals surface area contributed by atoms with Crippen molar-refractivity contribution in [2.45, 2.75) is 38.8 Å². The molecule has 30 heavy (non-hydrogen) atoms. The average Bonchev–Trinajstić information content (AvgIpc) is 3.12. The van der Waals surface area contributed by atoms with Crippen LogP contribution in [0.2, 0.25) is 0 Å². The topological polar surface area (TPSA) is 101 Å². The van der Waals surface area contributed by atoms with E-state index in [9.17, 15) is 13.2 Å². The first-order chi connectivity index (χ1) is 14.2. The Labute approximate surface area is 176 Å². The summed E-state index contributed by atoms with van der Waals surface area (Å²) in [4.78, 5) is 23.8. The molecule has 1 N–H and O–H groups in total. The number of para-hydroxylation sites is 1. The molecule has 0 radical (unpaired) electrons. The van der Waals surface area contributed by atoms with Crippen molar-refractivity contribution in [2.24, 2.45) is 0 Å². The predicted octanol–water partition coefficient (Wildman–Crippen LogP) is 2.93. The molecule has 1 amide bonds. The molecule has 1 aromatic heterocycles. The van der Waals surface area contributed by atoms with Gasteiger partial charge in [0.05, 0.1) is 0 Å². The van der Waals surface area contributed by atoms with Crippen molar-refractivity contribution in [2.75, 3.05) is 17.7 Å². The maximum Gasteiger partial charge on any atom is 0.258 e. The molecule has 0 spiro atoms. The van der Waals surface area contributed by atoms with Crippen molar-refractivity contribution in [3.8, 4) is 11.6 Å². The van der Waals surface area contributed by atoms with E-state index in [-0.39, 0.29) is 11.4 Å². The zero-order valence-electron chi connectivity index (χ0n) is 17.3. The van der Waals surface area contributed by atoms with E-state index >= 15 is 0 Å². The van der Waals surface area contributed by atoms with Crippen LogP contribution in [0.1, 0.15) is 37.0 Å². The molecule has 0 unspecified atom stereocenters. The molecule has 0 saturated carbocycles. The number of rotatable bonds is 7. The minimum absolute atomic E-state index is 0.155. The van der Waals surface area contributed by atoms with Gasteiger partial charge in [0, 0.05) is 36.5 Å². The summed E-state index contributed by atoms with van der Waals surface area (Å²) in [6, 6.07) is 8.90. The number of sulfone groups is 1. The van der Waals surface area contributed by atoms with Gasteiger partial charge in [-0.25, -0.2) is 13.4 Å². The van der Waals surface area contributed by atoms with E-state index in [0.29, 0.717) is 17.7 Å². The molecule has 2 atom stereocenters. The maximum absolute atomic E-state index is 12.8. The molecule has 1 aromatic carbocycles. The Hall–Kier alpha value is -2.94. The summed E-state index contributed by atoms with van der Waals surface area (Å²) >= 11 is 0. The van der Waals surface area contributed by atoms with Crippen LogP contribution in [-0.2, 0) is 9.84 Å². The molecule has 1 aliphatic rings. The minimum Gasteiger partial charge on any atom is -0.438 e. The highest BCUT2D eigenvalue weighted by Crippen LogP contribution is 2.28. The third kappa shape index (κ3) is 5.79. The first kappa shape index (κ1) is 21.8. The Bertz CT molecular complexity index is 1020. The van der Waals surface area contributed by atoms with Gasteiger partial charge >= 0.3 is 0 Å². The number of benzene rings is 1. The summed E-state index contributed by atoms with van der Waals surface area (Å²) in [5.74, 6) is 0.776. The Balaban J connectivity index is 1.88. The Morgan fingerprint density at radius 2 is 2.07 bits per heavy atom. The number of carbonyl (C=O) groups is 1. The van der Waals surface area contributed by atoms with Crippen molar-refractivity contribution < 1.29 is 17.9 Å². The molecule has 160 valence electrons. The first-order valence-corrected chi connectivity index (χ1v) is 11.7.